The summed E-state index contributed by atoms with van der Waals surface area (Å²) in [4.78, 5) is 10.5. The maximum absolute atomic E-state index is 10.5. The summed E-state index contributed by atoms with van der Waals surface area (Å²) in [6.45, 7) is 5.17. The van der Waals surface area contributed by atoms with Gasteiger partial charge in [0.1, 0.15) is 5.60 Å². The number of carbonyl (C=O) groups excluding carboxylic acids is 1. The van der Waals surface area contributed by atoms with Crippen LogP contribution in [-0.2, 0) is 14.3 Å². The Balaban J connectivity index is 0. The zero-order valence-corrected chi connectivity index (χ0v) is 9.24. The monoisotopic (exact) mass is 208 g/mol. The van der Waals surface area contributed by atoms with Crippen molar-refractivity contribution < 1.29 is 24.5 Å². The lowest BCUT2D eigenvalue weighted by molar-refractivity contribution is -0.158. The summed E-state index contributed by atoms with van der Waals surface area (Å²) in [5, 5.41) is 15.2. The van der Waals surface area contributed by atoms with Gasteiger partial charge in [-0.3, -0.25) is 4.79 Å². The molecule has 0 aromatic carbocycles. The third-order valence-electron chi connectivity index (χ3n) is 1.01. The van der Waals surface area contributed by atoms with E-state index in [9.17, 15) is 4.79 Å². The van der Waals surface area contributed by atoms with Crippen LogP contribution in [0.15, 0.2) is 0 Å². The minimum Gasteiger partial charge on any atom is -0.457 e. The molecule has 0 atom stereocenters. The van der Waals surface area contributed by atoms with Crippen molar-refractivity contribution in [1.82, 2.24) is 0 Å². The minimum atomic E-state index is -0.499. The molecule has 0 amide bonds. The third kappa shape index (κ3) is 13.9. The highest BCUT2D eigenvalue weighted by molar-refractivity contribution is 5.66. The van der Waals surface area contributed by atoms with E-state index >= 15 is 0 Å². The lowest BCUT2D eigenvalue weighted by Gasteiger charge is -2.22. The van der Waals surface area contributed by atoms with Gasteiger partial charge in [0, 0.05) is 14.0 Å². The number of rotatable bonds is 4. The lowest BCUT2D eigenvalue weighted by atomic mass is 10.1. The van der Waals surface area contributed by atoms with Crippen LogP contribution in [-0.4, -0.2) is 48.7 Å². The maximum atomic E-state index is 10.5. The fourth-order valence-electron chi connectivity index (χ4n) is 0.766. The molecule has 0 radical (unpaired) electrons. The predicted octanol–water partition coefficient (Wildman–Crippen LogP) is -0.0545. The first kappa shape index (κ1) is 15.8. The van der Waals surface area contributed by atoms with Crippen LogP contribution in [0.2, 0.25) is 0 Å². The first-order chi connectivity index (χ1) is 6.39. The molecule has 0 aliphatic heterocycles. The number of hydrogen-bond donors (Lipinski definition) is 2. The first-order valence-corrected chi connectivity index (χ1v) is 4.30. The molecule has 0 aromatic heterocycles. The summed E-state index contributed by atoms with van der Waals surface area (Å²) < 4.78 is 9.74. The summed E-state index contributed by atoms with van der Waals surface area (Å²) in [6.07, 6.45) is 0. The Labute approximate surface area is 84.6 Å². The molecule has 14 heavy (non-hydrogen) atoms. The lowest BCUT2D eigenvalue weighted by Crippen LogP contribution is -2.31. The second kappa shape index (κ2) is 8.93. The van der Waals surface area contributed by atoms with Gasteiger partial charge in [0.25, 0.3) is 0 Å². The van der Waals surface area contributed by atoms with E-state index in [1.807, 2.05) is 0 Å². The molecule has 5 heteroatoms. The van der Waals surface area contributed by atoms with Crippen molar-refractivity contribution in [2.24, 2.45) is 0 Å². The first-order valence-electron chi connectivity index (χ1n) is 4.30. The highest BCUT2D eigenvalue weighted by Gasteiger charge is 2.20. The summed E-state index contributed by atoms with van der Waals surface area (Å²) in [5.74, 6) is -0.276. The number of esters is 1. The van der Waals surface area contributed by atoms with Crippen molar-refractivity contribution in [3.8, 4) is 0 Å². The van der Waals surface area contributed by atoms with E-state index in [0.717, 1.165) is 0 Å². The average molecular weight is 208 g/mol. The van der Waals surface area contributed by atoms with Crippen molar-refractivity contribution in [3.63, 3.8) is 0 Å². The zero-order chi connectivity index (χ0) is 11.6. The van der Waals surface area contributed by atoms with Crippen molar-refractivity contribution in [2.45, 2.75) is 26.4 Å². The number of aliphatic hydroxyl groups is 2. The van der Waals surface area contributed by atoms with Gasteiger partial charge in [-0.1, -0.05) is 0 Å². The third-order valence-corrected chi connectivity index (χ3v) is 1.01. The molecule has 0 aliphatic carbocycles. The molecule has 0 rings (SSSR count). The van der Waals surface area contributed by atoms with Crippen LogP contribution >= 0.6 is 0 Å². The molecule has 0 bridgehead atoms. The Morgan fingerprint density at radius 2 is 1.71 bits per heavy atom. The summed E-state index contributed by atoms with van der Waals surface area (Å²) in [6, 6.07) is 0. The van der Waals surface area contributed by atoms with Crippen molar-refractivity contribution in [1.29, 1.82) is 0 Å². The van der Waals surface area contributed by atoms with Crippen LogP contribution in [0.25, 0.3) is 0 Å². The van der Waals surface area contributed by atoms with Crippen LogP contribution in [0.1, 0.15) is 20.8 Å². The average Bonchev–Trinajstić information content (AvgIpc) is 2.02. The Morgan fingerprint density at radius 1 is 1.29 bits per heavy atom. The van der Waals surface area contributed by atoms with Gasteiger partial charge in [-0.2, -0.15) is 0 Å². The number of hydrogen-bond acceptors (Lipinski definition) is 5. The van der Waals surface area contributed by atoms with E-state index in [1.54, 1.807) is 21.0 Å². The van der Waals surface area contributed by atoms with Crippen LogP contribution in [0.3, 0.4) is 0 Å². The van der Waals surface area contributed by atoms with Crippen molar-refractivity contribution in [3.05, 3.63) is 0 Å². The molecule has 0 fully saturated rings. The van der Waals surface area contributed by atoms with Crippen LogP contribution < -0.4 is 0 Å². The molecule has 0 unspecified atom stereocenters. The van der Waals surface area contributed by atoms with E-state index in [0.29, 0.717) is 6.61 Å². The highest BCUT2D eigenvalue weighted by Crippen LogP contribution is 2.08. The van der Waals surface area contributed by atoms with E-state index in [1.165, 1.54) is 6.92 Å². The van der Waals surface area contributed by atoms with Crippen LogP contribution in [0, 0.1) is 0 Å². The fourth-order valence-corrected chi connectivity index (χ4v) is 0.766. The van der Waals surface area contributed by atoms with Crippen molar-refractivity contribution in [2.75, 3.05) is 26.9 Å². The van der Waals surface area contributed by atoms with E-state index in [2.05, 4.69) is 0 Å². The molecule has 5 nitrogen and oxygen atoms in total. The SMILES string of the molecule is COCC(C)(C)OC(C)=O.OCCO. The number of methoxy groups -OCH3 is 1. The standard InChI is InChI=1S/C7H14O3.C2H6O2/c1-6(8)10-7(2,3)5-9-4;3-1-2-4/h5H2,1-4H3;3-4H,1-2H2. The van der Waals surface area contributed by atoms with Crippen LogP contribution in [0.5, 0.6) is 0 Å². The molecule has 2 N–H and O–H groups in total. The summed E-state index contributed by atoms with van der Waals surface area (Å²) in [7, 11) is 1.57. The maximum Gasteiger partial charge on any atom is 0.303 e. The van der Waals surface area contributed by atoms with Crippen molar-refractivity contribution >= 4 is 5.97 Å². The van der Waals surface area contributed by atoms with Gasteiger partial charge in [0.05, 0.1) is 19.8 Å². The quantitative estimate of drug-likeness (QED) is 0.633. The Morgan fingerprint density at radius 3 is 1.93 bits per heavy atom. The molecular formula is C9H20O5. The Bertz CT molecular complexity index is 142. The Kier molecular flexibility index (Phi) is 10.1. The van der Waals surface area contributed by atoms with E-state index in [-0.39, 0.29) is 19.2 Å². The molecular weight excluding hydrogens is 188 g/mol. The van der Waals surface area contributed by atoms with Gasteiger partial charge in [0.2, 0.25) is 0 Å². The van der Waals surface area contributed by atoms with Gasteiger partial charge < -0.3 is 19.7 Å². The van der Waals surface area contributed by atoms with Crippen LogP contribution in [0.4, 0.5) is 0 Å². The molecule has 0 saturated heterocycles. The number of carbonyl (C=O) groups is 1. The molecule has 0 saturated carbocycles. The normalized spacial score (nSPS) is 10.1. The topological polar surface area (TPSA) is 76.0 Å². The second-order valence-electron chi connectivity index (χ2n) is 3.23. The molecule has 0 aromatic rings. The second-order valence-corrected chi connectivity index (χ2v) is 3.23. The largest absolute Gasteiger partial charge is 0.457 e. The van der Waals surface area contributed by atoms with Gasteiger partial charge in [-0.15, -0.1) is 0 Å². The summed E-state index contributed by atoms with van der Waals surface area (Å²) in [5.41, 5.74) is -0.499. The predicted molar refractivity (Wildman–Crippen MR) is 51.9 cm³/mol. The molecule has 0 aliphatic rings. The number of aliphatic hydroxyl groups excluding tert-OH is 2. The van der Waals surface area contributed by atoms with E-state index < -0.39 is 5.60 Å². The smallest absolute Gasteiger partial charge is 0.303 e. The van der Waals surface area contributed by atoms with Gasteiger partial charge in [0.15, 0.2) is 0 Å². The summed E-state index contributed by atoms with van der Waals surface area (Å²) >= 11 is 0. The van der Waals surface area contributed by atoms with Gasteiger partial charge in [-0.05, 0) is 13.8 Å². The Hall–Kier alpha value is -0.650. The fraction of sp³-hybridized carbons (Fsp3) is 0.889. The molecule has 0 heterocycles. The van der Waals surface area contributed by atoms with Gasteiger partial charge >= 0.3 is 5.97 Å². The molecule has 0 spiro atoms. The van der Waals surface area contributed by atoms with Gasteiger partial charge in [-0.25, -0.2) is 0 Å². The molecule has 86 valence electrons. The number of ether oxygens (including phenoxy) is 2. The zero-order valence-electron chi connectivity index (χ0n) is 9.24. The highest BCUT2D eigenvalue weighted by atomic mass is 16.6. The minimum absolute atomic E-state index is 0.125. The van der Waals surface area contributed by atoms with E-state index in [4.69, 9.17) is 19.7 Å².